The summed E-state index contributed by atoms with van der Waals surface area (Å²) in [6, 6.07) is 6.51. The van der Waals surface area contributed by atoms with Crippen LogP contribution in [0.25, 0.3) is 10.9 Å². The highest BCUT2D eigenvalue weighted by molar-refractivity contribution is 6.31. The van der Waals surface area contributed by atoms with Crippen LogP contribution >= 0.6 is 11.6 Å². The van der Waals surface area contributed by atoms with Crippen LogP contribution in [-0.2, 0) is 0 Å². The Morgan fingerprint density at radius 2 is 2.31 bits per heavy atom. The van der Waals surface area contributed by atoms with Gasteiger partial charge in [0, 0.05) is 29.2 Å². The summed E-state index contributed by atoms with van der Waals surface area (Å²) in [5, 5.41) is 8.81. The highest BCUT2D eigenvalue weighted by Crippen LogP contribution is 2.27. The second kappa shape index (κ2) is 4.00. The van der Waals surface area contributed by atoms with Gasteiger partial charge in [0.05, 0.1) is 11.2 Å². The molecule has 0 bridgehead atoms. The van der Waals surface area contributed by atoms with Gasteiger partial charge in [-0.05, 0) is 31.2 Å². The minimum atomic E-state index is 0.505. The van der Waals surface area contributed by atoms with Crippen molar-refractivity contribution in [2.75, 3.05) is 18.4 Å². The molecule has 2 aromatic rings. The molecule has 3 rings (SSSR count). The number of fused-ring (bicyclic) bond motifs is 1. The highest BCUT2D eigenvalue weighted by atomic mass is 35.5. The molecule has 16 heavy (non-hydrogen) atoms. The van der Waals surface area contributed by atoms with Crippen LogP contribution < -0.4 is 10.6 Å². The molecule has 1 aromatic heterocycles. The van der Waals surface area contributed by atoms with E-state index in [2.05, 4.69) is 15.6 Å². The molecule has 0 radical (unpaired) electrons. The molecule has 1 fully saturated rings. The fourth-order valence-corrected chi connectivity index (χ4v) is 2.47. The second-order valence-electron chi connectivity index (χ2n) is 4.23. The molecule has 0 amide bonds. The third-order valence-electron chi connectivity index (χ3n) is 3.04. The molecule has 0 aliphatic carbocycles. The van der Waals surface area contributed by atoms with E-state index in [1.807, 2.05) is 24.4 Å². The van der Waals surface area contributed by atoms with E-state index in [9.17, 15) is 0 Å². The molecule has 2 heterocycles. The maximum Gasteiger partial charge on any atom is 0.0690 e. The molecule has 84 valence electrons. The molecule has 1 aliphatic rings. The molecule has 4 heteroatoms. The third-order valence-corrected chi connectivity index (χ3v) is 3.26. The Bertz CT molecular complexity index is 500. The monoisotopic (exact) mass is 235 g/mol. The highest BCUT2D eigenvalue weighted by Gasteiger charge is 2.15. The smallest absolute Gasteiger partial charge is 0.0690 e. The molecule has 3 nitrogen and oxygen atoms in total. The van der Waals surface area contributed by atoms with Gasteiger partial charge in [-0.3, -0.25) is 0 Å². The minimum Gasteiger partial charge on any atom is -0.379 e. The second-order valence-corrected chi connectivity index (χ2v) is 4.67. The summed E-state index contributed by atoms with van der Waals surface area (Å²) in [5.41, 5.74) is 2.23. The fourth-order valence-electron chi connectivity index (χ4n) is 2.25. The van der Waals surface area contributed by atoms with E-state index >= 15 is 0 Å². The number of benzene rings is 1. The summed E-state index contributed by atoms with van der Waals surface area (Å²) in [5.74, 6) is 0. The van der Waals surface area contributed by atoms with Crippen LogP contribution in [0.15, 0.2) is 24.4 Å². The number of rotatable bonds is 2. The van der Waals surface area contributed by atoms with Crippen LogP contribution in [0.2, 0.25) is 5.02 Å². The molecule has 1 saturated heterocycles. The molecule has 3 N–H and O–H groups in total. The zero-order chi connectivity index (χ0) is 11.0. The Morgan fingerprint density at radius 1 is 1.38 bits per heavy atom. The van der Waals surface area contributed by atoms with Gasteiger partial charge < -0.3 is 15.6 Å². The first-order chi connectivity index (χ1) is 7.83. The van der Waals surface area contributed by atoms with E-state index in [1.165, 1.54) is 0 Å². The van der Waals surface area contributed by atoms with Crippen molar-refractivity contribution in [3.05, 3.63) is 29.4 Å². The van der Waals surface area contributed by atoms with Gasteiger partial charge >= 0.3 is 0 Å². The first-order valence-corrected chi connectivity index (χ1v) is 5.94. The number of nitrogens with one attached hydrogen (secondary N) is 3. The number of aromatic nitrogens is 1. The Kier molecular flexibility index (Phi) is 2.50. The van der Waals surface area contributed by atoms with Crippen molar-refractivity contribution in [1.29, 1.82) is 0 Å². The molecule has 1 unspecified atom stereocenters. The maximum atomic E-state index is 6.10. The Balaban J connectivity index is 1.97. The van der Waals surface area contributed by atoms with Crippen LogP contribution in [0.4, 0.5) is 5.69 Å². The summed E-state index contributed by atoms with van der Waals surface area (Å²) in [6.45, 7) is 2.11. The normalized spacial score (nSPS) is 20.4. The predicted molar refractivity (Wildman–Crippen MR) is 68.2 cm³/mol. The summed E-state index contributed by atoms with van der Waals surface area (Å²) in [7, 11) is 0. The largest absolute Gasteiger partial charge is 0.379 e. The average Bonchev–Trinajstić information content (AvgIpc) is 2.87. The summed E-state index contributed by atoms with van der Waals surface area (Å²) in [4.78, 5) is 3.25. The lowest BCUT2D eigenvalue weighted by molar-refractivity contribution is 0.794. The van der Waals surface area contributed by atoms with E-state index in [-0.39, 0.29) is 0 Å². The van der Waals surface area contributed by atoms with Crippen molar-refractivity contribution >= 4 is 28.2 Å². The number of hydrogen-bond donors (Lipinski definition) is 3. The van der Waals surface area contributed by atoms with Gasteiger partial charge in [-0.2, -0.15) is 0 Å². The first-order valence-electron chi connectivity index (χ1n) is 5.57. The predicted octanol–water partition coefficient (Wildman–Crippen LogP) is 2.60. The van der Waals surface area contributed by atoms with Gasteiger partial charge in [-0.25, -0.2) is 0 Å². The molecular formula is C12H14ClN3. The van der Waals surface area contributed by atoms with Gasteiger partial charge in [0.15, 0.2) is 0 Å². The topological polar surface area (TPSA) is 39.8 Å². The molecule has 0 saturated carbocycles. The SMILES string of the molecule is Clc1cc(NC2CCNC2)c2[nH]ccc2c1. The number of H-pyrrole nitrogens is 1. The standard InChI is InChI=1S/C12H14ClN3/c13-9-5-8-1-4-15-12(8)11(6-9)16-10-2-3-14-7-10/h1,4-6,10,14-16H,2-3,7H2. The Hall–Kier alpha value is -1.19. The number of hydrogen-bond acceptors (Lipinski definition) is 2. The minimum absolute atomic E-state index is 0.505. The van der Waals surface area contributed by atoms with Crippen LogP contribution in [0.1, 0.15) is 6.42 Å². The molecule has 0 spiro atoms. The van der Waals surface area contributed by atoms with Crippen LogP contribution in [-0.4, -0.2) is 24.1 Å². The molecule has 1 aromatic carbocycles. The number of anilines is 1. The van der Waals surface area contributed by atoms with Gasteiger partial charge in [0.1, 0.15) is 0 Å². The zero-order valence-electron chi connectivity index (χ0n) is 8.89. The lowest BCUT2D eigenvalue weighted by atomic mass is 10.2. The lowest BCUT2D eigenvalue weighted by Gasteiger charge is -2.14. The Labute approximate surface area is 99.2 Å². The van der Waals surface area contributed by atoms with E-state index in [1.54, 1.807) is 0 Å². The van der Waals surface area contributed by atoms with E-state index in [0.29, 0.717) is 6.04 Å². The maximum absolute atomic E-state index is 6.10. The van der Waals surface area contributed by atoms with E-state index < -0.39 is 0 Å². The van der Waals surface area contributed by atoms with Crippen LogP contribution in [0, 0.1) is 0 Å². The molecule has 1 atom stereocenters. The van der Waals surface area contributed by atoms with Gasteiger partial charge in [-0.1, -0.05) is 11.6 Å². The Morgan fingerprint density at radius 3 is 3.12 bits per heavy atom. The first kappa shape index (κ1) is 10.00. The zero-order valence-corrected chi connectivity index (χ0v) is 9.64. The van der Waals surface area contributed by atoms with Gasteiger partial charge in [0.25, 0.3) is 0 Å². The summed E-state index contributed by atoms with van der Waals surface area (Å²) < 4.78 is 0. The van der Waals surface area contributed by atoms with Crippen LogP contribution in [0.3, 0.4) is 0 Å². The van der Waals surface area contributed by atoms with Crippen LogP contribution in [0.5, 0.6) is 0 Å². The fraction of sp³-hybridized carbons (Fsp3) is 0.333. The van der Waals surface area contributed by atoms with Gasteiger partial charge in [0.2, 0.25) is 0 Å². The van der Waals surface area contributed by atoms with Crippen molar-refractivity contribution in [1.82, 2.24) is 10.3 Å². The molecule has 1 aliphatic heterocycles. The van der Waals surface area contributed by atoms with Crippen molar-refractivity contribution in [3.8, 4) is 0 Å². The number of halogens is 1. The third kappa shape index (κ3) is 1.77. The quantitative estimate of drug-likeness (QED) is 0.749. The lowest BCUT2D eigenvalue weighted by Crippen LogP contribution is -2.22. The van der Waals surface area contributed by atoms with Crippen molar-refractivity contribution in [3.63, 3.8) is 0 Å². The average molecular weight is 236 g/mol. The summed E-state index contributed by atoms with van der Waals surface area (Å²) >= 11 is 6.10. The number of aromatic amines is 1. The van der Waals surface area contributed by atoms with Crippen molar-refractivity contribution in [2.24, 2.45) is 0 Å². The van der Waals surface area contributed by atoms with Gasteiger partial charge in [-0.15, -0.1) is 0 Å². The summed E-state index contributed by atoms with van der Waals surface area (Å²) in [6.07, 6.45) is 3.10. The van der Waals surface area contributed by atoms with E-state index in [0.717, 1.165) is 41.1 Å². The van der Waals surface area contributed by atoms with E-state index in [4.69, 9.17) is 11.6 Å². The van der Waals surface area contributed by atoms with Crippen molar-refractivity contribution < 1.29 is 0 Å². The van der Waals surface area contributed by atoms with Crippen molar-refractivity contribution in [2.45, 2.75) is 12.5 Å². The molecular weight excluding hydrogens is 222 g/mol.